The Morgan fingerprint density at radius 3 is 2.68 bits per heavy atom. The number of halogens is 2. The number of amides is 1. The summed E-state index contributed by atoms with van der Waals surface area (Å²) >= 11 is 5.66. The molecule has 0 unspecified atom stereocenters. The zero-order valence-electron chi connectivity index (χ0n) is 13.2. The largest absolute Gasteiger partial charge is 0.448 e. The van der Waals surface area contributed by atoms with Gasteiger partial charge in [-0.05, 0) is 37.3 Å². The van der Waals surface area contributed by atoms with E-state index in [9.17, 15) is 14.0 Å². The van der Waals surface area contributed by atoms with Gasteiger partial charge in [0.1, 0.15) is 11.5 Å². The average molecular weight is 361 g/mol. The van der Waals surface area contributed by atoms with E-state index < -0.39 is 23.8 Å². The SMILES string of the molecule is C[C@@H](OC(=O)c1cc2ccccc2[nH]1)C(=O)Nc1ccc(F)c(Cl)c1. The van der Waals surface area contributed by atoms with Crippen LogP contribution < -0.4 is 5.32 Å². The molecule has 2 aromatic carbocycles. The molecule has 0 bridgehead atoms. The third kappa shape index (κ3) is 3.80. The summed E-state index contributed by atoms with van der Waals surface area (Å²) in [7, 11) is 0. The van der Waals surface area contributed by atoms with Gasteiger partial charge in [-0.2, -0.15) is 0 Å². The number of nitrogens with one attached hydrogen (secondary N) is 2. The van der Waals surface area contributed by atoms with Gasteiger partial charge in [-0.15, -0.1) is 0 Å². The maximum atomic E-state index is 13.1. The number of H-pyrrole nitrogens is 1. The molecule has 0 aliphatic rings. The molecule has 0 radical (unpaired) electrons. The van der Waals surface area contributed by atoms with Crippen LogP contribution in [0.3, 0.4) is 0 Å². The Labute approximate surface area is 147 Å². The van der Waals surface area contributed by atoms with E-state index in [0.29, 0.717) is 5.69 Å². The molecule has 0 saturated carbocycles. The Kier molecular flexibility index (Phi) is 4.72. The first kappa shape index (κ1) is 17.0. The fourth-order valence-corrected chi connectivity index (χ4v) is 2.46. The summed E-state index contributed by atoms with van der Waals surface area (Å²) in [5.41, 5.74) is 1.36. The summed E-state index contributed by atoms with van der Waals surface area (Å²) in [6.07, 6.45) is -1.04. The Morgan fingerprint density at radius 2 is 1.96 bits per heavy atom. The second-order valence-corrected chi connectivity index (χ2v) is 5.84. The number of hydrogen-bond acceptors (Lipinski definition) is 3. The van der Waals surface area contributed by atoms with Crippen molar-refractivity contribution >= 4 is 40.1 Å². The number of hydrogen-bond donors (Lipinski definition) is 2. The quantitative estimate of drug-likeness (QED) is 0.687. The van der Waals surface area contributed by atoms with Crippen molar-refractivity contribution in [2.75, 3.05) is 5.32 Å². The Bertz CT molecular complexity index is 921. The lowest BCUT2D eigenvalue weighted by atomic mass is 10.2. The molecular formula is C18H14ClFN2O3. The molecule has 3 rings (SSSR count). The van der Waals surface area contributed by atoms with Crippen molar-refractivity contribution in [1.82, 2.24) is 4.98 Å². The number of esters is 1. The minimum absolute atomic E-state index is 0.111. The molecule has 1 atom stereocenters. The first-order chi connectivity index (χ1) is 11.9. The molecule has 2 N–H and O–H groups in total. The van der Waals surface area contributed by atoms with Crippen LogP contribution >= 0.6 is 11.6 Å². The number of aromatic amines is 1. The lowest BCUT2D eigenvalue weighted by Crippen LogP contribution is -2.30. The molecule has 1 aromatic heterocycles. The molecule has 5 nitrogen and oxygen atoms in total. The van der Waals surface area contributed by atoms with Gasteiger partial charge >= 0.3 is 5.97 Å². The van der Waals surface area contributed by atoms with Gasteiger partial charge < -0.3 is 15.0 Å². The van der Waals surface area contributed by atoms with Crippen LogP contribution in [0, 0.1) is 5.82 Å². The van der Waals surface area contributed by atoms with Crippen molar-refractivity contribution in [3.63, 3.8) is 0 Å². The monoisotopic (exact) mass is 360 g/mol. The van der Waals surface area contributed by atoms with Crippen molar-refractivity contribution < 1.29 is 18.7 Å². The number of rotatable bonds is 4. The number of para-hydroxylation sites is 1. The fourth-order valence-electron chi connectivity index (χ4n) is 2.28. The van der Waals surface area contributed by atoms with Gasteiger partial charge in [-0.25, -0.2) is 9.18 Å². The van der Waals surface area contributed by atoms with E-state index in [0.717, 1.165) is 17.0 Å². The maximum Gasteiger partial charge on any atom is 0.355 e. The number of carbonyl (C=O) groups is 2. The molecule has 0 aliphatic carbocycles. The van der Waals surface area contributed by atoms with E-state index in [1.165, 1.54) is 19.1 Å². The minimum atomic E-state index is -1.04. The summed E-state index contributed by atoms with van der Waals surface area (Å²) in [5, 5.41) is 3.27. The normalized spacial score (nSPS) is 12.0. The lowest BCUT2D eigenvalue weighted by Gasteiger charge is -2.13. The molecule has 0 aliphatic heterocycles. The number of aromatic nitrogens is 1. The van der Waals surface area contributed by atoms with E-state index in [1.54, 1.807) is 6.07 Å². The molecule has 0 fully saturated rings. The van der Waals surface area contributed by atoms with Crippen LogP contribution in [0.15, 0.2) is 48.5 Å². The molecule has 7 heteroatoms. The van der Waals surface area contributed by atoms with Crippen LogP contribution in [0.25, 0.3) is 10.9 Å². The summed E-state index contributed by atoms with van der Waals surface area (Å²) in [5.74, 6) is -1.78. The number of fused-ring (bicyclic) bond motifs is 1. The second-order valence-electron chi connectivity index (χ2n) is 5.44. The zero-order valence-corrected chi connectivity index (χ0v) is 13.9. The lowest BCUT2D eigenvalue weighted by molar-refractivity contribution is -0.123. The third-order valence-corrected chi connectivity index (χ3v) is 3.88. The van der Waals surface area contributed by atoms with Gasteiger partial charge in [0.25, 0.3) is 5.91 Å². The van der Waals surface area contributed by atoms with Gasteiger partial charge in [0.15, 0.2) is 6.10 Å². The number of carbonyl (C=O) groups excluding carboxylic acids is 2. The number of anilines is 1. The van der Waals surface area contributed by atoms with Crippen molar-refractivity contribution in [2.24, 2.45) is 0 Å². The average Bonchev–Trinajstić information content (AvgIpc) is 3.02. The first-order valence-electron chi connectivity index (χ1n) is 7.48. The van der Waals surface area contributed by atoms with Crippen molar-refractivity contribution in [2.45, 2.75) is 13.0 Å². The summed E-state index contributed by atoms with van der Waals surface area (Å²) in [6.45, 7) is 1.45. The van der Waals surface area contributed by atoms with Crippen LogP contribution in [-0.2, 0) is 9.53 Å². The molecular weight excluding hydrogens is 347 g/mol. The molecule has 1 amide bonds. The summed E-state index contributed by atoms with van der Waals surface area (Å²) in [6, 6.07) is 12.8. The van der Waals surface area contributed by atoms with Crippen LogP contribution in [0.5, 0.6) is 0 Å². The second kappa shape index (κ2) is 6.94. The van der Waals surface area contributed by atoms with Crippen molar-refractivity contribution in [3.05, 3.63) is 65.1 Å². The molecule has 25 heavy (non-hydrogen) atoms. The Morgan fingerprint density at radius 1 is 1.20 bits per heavy atom. The predicted molar refractivity (Wildman–Crippen MR) is 93.2 cm³/mol. The van der Waals surface area contributed by atoms with Crippen LogP contribution in [0.2, 0.25) is 5.02 Å². The standard InChI is InChI=1S/C18H14ClFN2O3/c1-10(17(23)21-12-6-7-14(20)13(19)9-12)25-18(24)16-8-11-4-2-3-5-15(11)22-16/h2-10,22H,1H3,(H,21,23)/t10-/m1/s1. The van der Waals surface area contributed by atoms with Gasteiger partial charge in [0.2, 0.25) is 0 Å². The van der Waals surface area contributed by atoms with Crippen molar-refractivity contribution in [3.8, 4) is 0 Å². The molecule has 128 valence electrons. The topological polar surface area (TPSA) is 71.2 Å². The van der Waals surface area contributed by atoms with Gasteiger partial charge in [-0.1, -0.05) is 29.8 Å². The smallest absolute Gasteiger partial charge is 0.355 e. The highest BCUT2D eigenvalue weighted by Crippen LogP contribution is 2.20. The van der Waals surface area contributed by atoms with E-state index in [-0.39, 0.29) is 10.7 Å². The summed E-state index contributed by atoms with van der Waals surface area (Å²) < 4.78 is 18.3. The van der Waals surface area contributed by atoms with Crippen LogP contribution in [0.4, 0.5) is 10.1 Å². The highest BCUT2D eigenvalue weighted by atomic mass is 35.5. The third-order valence-electron chi connectivity index (χ3n) is 3.59. The minimum Gasteiger partial charge on any atom is -0.448 e. The van der Waals surface area contributed by atoms with Gasteiger partial charge in [-0.3, -0.25) is 4.79 Å². The molecule has 1 heterocycles. The number of benzene rings is 2. The first-order valence-corrected chi connectivity index (χ1v) is 7.86. The van der Waals surface area contributed by atoms with E-state index in [1.807, 2.05) is 24.3 Å². The van der Waals surface area contributed by atoms with E-state index in [4.69, 9.17) is 16.3 Å². The predicted octanol–water partition coefficient (Wildman–Crippen LogP) is 4.14. The van der Waals surface area contributed by atoms with Crippen molar-refractivity contribution in [1.29, 1.82) is 0 Å². The van der Waals surface area contributed by atoms with Crippen LogP contribution in [0.1, 0.15) is 17.4 Å². The van der Waals surface area contributed by atoms with E-state index in [2.05, 4.69) is 10.3 Å². The Hall–Kier alpha value is -2.86. The highest BCUT2D eigenvalue weighted by molar-refractivity contribution is 6.31. The Balaban J connectivity index is 1.65. The molecule has 0 spiro atoms. The van der Waals surface area contributed by atoms with Gasteiger partial charge in [0, 0.05) is 16.6 Å². The van der Waals surface area contributed by atoms with Gasteiger partial charge in [0.05, 0.1) is 5.02 Å². The molecule has 0 saturated heterocycles. The summed E-state index contributed by atoms with van der Waals surface area (Å²) in [4.78, 5) is 27.2. The van der Waals surface area contributed by atoms with Crippen LogP contribution in [-0.4, -0.2) is 23.0 Å². The maximum absolute atomic E-state index is 13.1. The molecule has 3 aromatic rings. The highest BCUT2D eigenvalue weighted by Gasteiger charge is 2.20. The van der Waals surface area contributed by atoms with E-state index >= 15 is 0 Å². The number of ether oxygens (including phenoxy) is 1. The fraction of sp³-hybridized carbons (Fsp3) is 0.111. The zero-order chi connectivity index (χ0) is 18.0.